The highest BCUT2D eigenvalue weighted by molar-refractivity contribution is 7.89. The molecule has 0 unspecified atom stereocenters. The van der Waals surface area contributed by atoms with Crippen LogP contribution in [0, 0.1) is 0 Å². The summed E-state index contributed by atoms with van der Waals surface area (Å²) < 4.78 is 65.0. The van der Waals surface area contributed by atoms with Crippen LogP contribution < -0.4 is 8.92 Å². The fourth-order valence-electron chi connectivity index (χ4n) is 2.60. The van der Waals surface area contributed by atoms with Crippen LogP contribution in [0.4, 0.5) is 0 Å². The molecule has 0 aliphatic carbocycles. The van der Waals surface area contributed by atoms with E-state index in [2.05, 4.69) is 0 Å². The van der Waals surface area contributed by atoms with Crippen molar-refractivity contribution in [1.29, 1.82) is 0 Å². The minimum Gasteiger partial charge on any atom is -0.497 e. The number of hydrogen-bond acceptors (Lipinski definition) is 7. The van der Waals surface area contributed by atoms with E-state index < -0.39 is 20.1 Å². The van der Waals surface area contributed by atoms with Gasteiger partial charge < -0.3 is 13.7 Å². The lowest BCUT2D eigenvalue weighted by Crippen LogP contribution is -2.32. The predicted molar refractivity (Wildman–Crippen MR) is 109 cm³/mol. The Morgan fingerprint density at radius 2 is 1.45 bits per heavy atom. The zero-order chi connectivity index (χ0) is 21.5. The van der Waals surface area contributed by atoms with Crippen molar-refractivity contribution in [3.05, 3.63) is 54.1 Å². The van der Waals surface area contributed by atoms with Gasteiger partial charge in [0, 0.05) is 26.8 Å². The van der Waals surface area contributed by atoms with Crippen LogP contribution in [-0.4, -0.2) is 54.8 Å². The van der Waals surface area contributed by atoms with Gasteiger partial charge in [-0.05, 0) is 48.4 Å². The topological polar surface area (TPSA) is 99.2 Å². The fourth-order valence-corrected chi connectivity index (χ4v) is 4.52. The number of benzene rings is 2. The number of sulfonamides is 1. The highest BCUT2D eigenvalue weighted by atomic mass is 32.2. The summed E-state index contributed by atoms with van der Waals surface area (Å²) in [6, 6.07) is 12.4. The Hall–Kier alpha value is -2.14. The molecule has 0 aliphatic rings. The third-order valence-corrected chi connectivity index (χ3v) is 6.34. The van der Waals surface area contributed by atoms with E-state index in [9.17, 15) is 16.8 Å². The fraction of sp³-hybridized carbons (Fsp3) is 0.368. The highest BCUT2D eigenvalue weighted by Gasteiger charge is 2.24. The summed E-state index contributed by atoms with van der Waals surface area (Å²) in [6.07, 6.45) is 1.49. The maximum atomic E-state index is 13.1. The van der Waals surface area contributed by atoms with Crippen LogP contribution in [0.1, 0.15) is 12.0 Å². The molecule has 160 valence electrons. The summed E-state index contributed by atoms with van der Waals surface area (Å²) in [6.45, 7) is 0.816. The molecule has 0 fully saturated rings. The van der Waals surface area contributed by atoms with Gasteiger partial charge in [-0.3, -0.25) is 0 Å². The first-order valence-corrected chi connectivity index (χ1v) is 12.0. The molecule has 0 bridgehead atoms. The lowest BCUT2D eigenvalue weighted by atomic mass is 10.2. The van der Waals surface area contributed by atoms with E-state index >= 15 is 0 Å². The summed E-state index contributed by atoms with van der Waals surface area (Å²) in [5.74, 6) is 0.733. The van der Waals surface area contributed by atoms with E-state index in [1.165, 1.54) is 35.7 Å². The Kier molecular flexibility index (Phi) is 8.03. The van der Waals surface area contributed by atoms with E-state index in [0.717, 1.165) is 6.26 Å². The van der Waals surface area contributed by atoms with Gasteiger partial charge in [0.1, 0.15) is 11.5 Å². The van der Waals surface area contributed by atoms with Crippen molar-refractivity contribution in [1.82, 2.24) is 4.31 Å². The van der Waals surface area contributed by atoms with Crippen molar-refractivity contribution < 1.29 is 30.5 Å². The van der Waals surface area contributed by atoms with Gasteiger partial charge >= 0.3 is 10.1 Å². The Morgan fingerprint density at radius 1 is 0.862 bits per heavy atom. The summed E-state index contributed by atoms with van der Waals surface area (Å²) in [5, 5.41) is 0. The minimum absolute atomic E-state index is 0.122. The van der Waals surface area contributed by atoms with Crippen molar-refractivity contribution in [3.8, 4) is 11.5 Å². The average Bonchev–Trinajstić information content (AvgIpc) is 2.67. The first-order valence-electron chi connectivity index (χ1n) is 8.77. The van der Waals surface area contributed by atoms with Crippen molar-refractivity contribution in [2.75, 3.05) is 33.6 Å². The van der Waals surface area contributed by atoms with E-state index in [1.807, 2.05) is 0 Å². The molecular weight excluding hydrogens is 418 g/mol. The van der Waals surface area contributed by atoms with Crippen LogP contribution in [0.25, 0.3) is 0 Å². The molecule has 0 amide bonds. The highest BCUT2D eigenvalue weighted by Crippen LogP contribution is 2.22. The zero-order valence-electron chi connectivity index (χ0n) is 16.6. The van der Waals surface area contributed by atoms with Gasteiger partial charge in [0.05, 0.1) is 18.3 Å². The Bertz CT molecular complexity index is 986. The van der Waals surface area contributed by atoms with E-state index in [-0.39, 0.29) is 23.7 Å². The second kappa shape index (κ2) is 10.1. The summed E-state index contributed by atoms with van der Waals surface area (Å²) in [4.78, 5) is 0.160. The smallest absolute Gasteiger partial charge is 0.306 e. The van der Waals surface area contributed by atoms with Gasteiger partial charge in [-0.25, -0.2) is 8.42 Å². The molecule has 0 spiro atoms. The van der Waals surface area contributed by atoms with Gasteiger partial charge in [0.25, 0.3) is 0 Å². The van der Waals surface area contributed by atoms with Gasteiger partial charge in [0.15, 0.2) is 0 Å². The zero-order valence-corrected chi connectivity index (χ0v) is 18.2. The SMILES string of the molecule is COCCCN(Cc1ccc(OS(C)(=O)=O)cc1)S(=O)(=O)c1ccc(OC)cc1. The van der Waals surface area contributed by atoms with E-state index in [0.29, 0.717) is 24.3 Å². The van der Waals surface area contributed by atoms with Crippen LogP contribution in [0.2, 0.25) is 0 Å². The van der Waals surface area contributed by atoms with Crippen LogP contribution in [-0.2, 0) is 31.4 Å². The van der Waals surface area contributed by atoms with E-state index in [4.69, 9.17) is 13.7 Å². The number of nitrogens with zero attached hydrogens (tertiary/aromatic N) is 1. The van der Waals surface area contributed by atoms with Gasteiger partial charge in [-0.15, -0.1) is 0 Å². The molecule has 2 aromatic rings. The molecule has 0 radical (unpaired) electrons. The van der Waals surface area contributed by atoms with Crippen molar-refractivity contribution in [2.45, 2.75) is 17.9 Å². The molecule has 8 nitrogen and oxygen atoms in total. The Labute approximate surface area is 172 Å². The third-order valence-electron chi connectivity index (χ3n) is 3.98. The predicted octanol–water partition coefficient (Wildman–Crippen LogP) is 2.26. The molecule has 0 heterocycles. The molecular formula is C19H25NO7S2. The Balaban J connectivity index is 2.24. The van der Waals surface area contributed by atoms with E-state index in [1.54, 1.807) is 31.4 Å². The monoisotopic (exact) mass is 443 g/mol. The van der Waals surface area contributed by atoms with Gasteiger partial charge in [-0.1, -0.05) is 12.1 Å². The summed E-state index contributed by atoms with van der Waals surface area (Å²) in [7, 11) is -4.30. The first-order chi connectivity index (χ1) is 13.7. The molecule has 29 heavy (non-hydrogen) atoms. The van der Waals surface area contributed by atoms with Crippen molar-refractivity contribution >= 4 is 20.1 Å². The number of ether oxygens (including phenoxy) is 2. The molecule has 2 aromatic carbocycles. The number of hydrogen-bond donors (Lipinski definition) is 0. The number of rotatable bonds is 11. The van der Waals surface area contributed by atoms with Crippen LogP contribution in [0.3, 0.4) is 0 Å². The van der Waals surface area contributed by atoms with Crippen LogP contribution in [0.15, 0.2) is 53.4 Å². The molecule has 0 aromatic heterocycles. The van der Waals surface area contributed by atoms with Crippen LogP contribution in [0.5, 0.6) is 11.5 Å². The minimum atomic E-state index is -3.75. The molecule has 2 rings (SSSR count). The molecule has 0 aliphatic heterocycles. The number of methoxy groups -OCH3 is 2. The quantitative estimate of drug-likeness (QED) is 0.388. The lowest BCUT2D eigenvalue weighted by Gasteiger charge is -2.22. The average molecular weight is 444 g/mol. The third kappa shape index (κ3) is 7.00. The standard InChI is InChI=1S/C19H25NO7S2/c1-25-14-4-13-20(29(23,24)19-11-9-17(26-2)10-12-19)15-16-5-7-18(8-6-16)27-28(3,21)22/h5-12H,4,13-15H2,1-3H3. The van der Waals surface area contributed by atoms with Crippen molar-refractivity contribution in [3.63, 3.8) is 0 Å². The second-order valence-electron chi connectivity index (χ2n) is 6.29. The summed E-state index contributed by atoms with van der Waals surface area (Å²) in [5.41, 5.74) is 0.695. The Morgan fingerprint density at radius 3 is 1.97 bits per heavy atom. The molecule has 0 saturated heterocycles. The lowest BCUT2D eigenvalue weighted by molar-refractivity contribution is 0.186. The maximum absolute atomic E-state index is 13.1. The molecule has 0 saturated carbocycles. The van der Waals surface area contributed by atoms with Crippen molar-refractivity contribution in [2.24, 2.45) is 0 Å². The summed E-state index contributed by atoms with van der Waals surface area (Å²) >= 11 is 0. The normalized spacial score (nSPS) is 12.1. The van der Waals surface area contributed by atoms with Gasteiger partial charge in [0.2, 0.25) is 10.0 Å². The first kappa shape index (κ1) is 23.1. The second-order valence-corrected chi connectivity index (χ2v) is 9.80. The molecule has 10 heteroatoms. The maximum Gasteiger partial charge on any atom is 0.306 e. The largest absolute Gasteiger partial charge is 0.497 e. The van der Waals surface area contributed by atoms with Crippen LogP contribution >= 0.6 is 0 Å². The molecule has 0 atom stereocenters. The van der Waals surface area contributed by atoms with Gasteiger partial charge in [-0.2, -0.15) is 12.7 Å². The molecule has 0 N–H and O–H groups in total.